The lowest BCUT2D eigenvalue weighted by molar-refractivity contribution is -0.136. The van der Waals surface area contributed by atoms with Crippen molar-refractivity contribution in [3.05, 3.63) is 28.8 Å². The van der Waals surface area contributed by atoms with Gasteiger partial charge in [0.2, 0.25) is 0 Å². The van der Waals surface area contributed by atoms with E-state index in [1.807, 2.05) is 6.92 Å². The number of halogens is 1. The maximum Gasteiger partial charge on any atom is 0.307 e. The van der Waals surface area contributed by atoms with Crippen molar-refractivity contribution in [2.75, 3.05) is 13.2 Å². The van der Waals surface area contributed by atoms with Gasteiger partial charge in [0.25, 0.3) is 0 Å². The van der Waals surface area contributed by atoms with Crippen LogP contribution in [0.1, 0.15) is 18.9 Å². The van der Waals surface area contributed by atoms with Crippen molar-refractivity contribution in [3.63, 3.8) is 0 Å². The first-order valence-corrected chi connectivity index (χ1v) is 6.19. The lowest BCUT2D eigenvalue weighted by Crippen LogP contribution is -2.21. The highest BCUT2D eigenvalue weighted by atomic mass is 35.5. The van der Waals surface area contributed by atoms with E-state index in [9.17, 15) is 4.79 Å². The maximum absolute atomic E-state index is 10.8. The fourth-order valence-electron chi connectivity index (χ4n) is 1.67. The number of carboxylic acids is 1. The van der Waals surface area contributed by atoms with E-state index >= 15 is 0 Å². The molecule has 0 aromatic heterocycles. The molecule has 1 aliphatic heterocycles. The maximum atomic E-state index is 10.8. The van der Waals surface area contributed by atoms with Crippen molar-refractivity contribution in [1.82, 2.24) is 0 Å². The molecule has 0 aliphatic carbocycles. The van der Waals surface area contributed by atoms with Gasteiger partial charge in [0.1, 0.15) is 18.0 Å². The van der Waals surface area contributed by atoms with Crippen LogP contribution in [0.25, 0.3) is 0 Å². The van der Waals surface area contributed by atoms with Gasteiger partial charge in [-0.1, -0.05) is 24.6 Å². The topological polar surface area (TPSA) is 59.1 Å². The Morgan fingerprint density at radius 1 is 1.61 bits per heavy atom. The minimum atomic E-state index is -0.893. The summed E-state index contributed by atoms with van der Waals surface area (Å²) in [7, 11) is 0. The summed E-state index contributed by atoms with van der Waals surface area (Å²) in [6.45, 7) is 3.15. The van der Waals surface area contributed by atoms with Gasteiger partial charge in [-0.25, -0.2) is 0 Å². The summed E-state index contributed by atoms with van der Waals surface area (Å²) in [6, 6.07) is 4.99. The Kier molecular flexibility index (Phi) is 3.78. The molecule has 1 atom stereocenters. The average molecular weight is 271 g/mol. The van der Waals surface area contributed by atoms with E-state index in [-0.39, 0.29) is 12.0 Å². The quantitative estimate of drug-likeness (QED) is 0.807. The summed E-state index contributed by atoms with van der Waals surface area (Å²) in [6.07, 6.45) is 0.800. The number of hydrogen-bond donors (Lipinski definition) is 1. The minimum Gasteiger partial charge on any atom is -0.490 e. The molecule has 2 rings (SSSR count). The largest absolute Gasteiger partial charge is 0.490 e. The Balaban J connectivity index is 2.09. The fourth-order valence-corrected chi connectivity index (χ4v) is 1.83. The number of carboxylic acid groups (broad SMARTS) is 1. The van der Waals surface area contributed by atoms with Gasteiger partial charge in [-0.3, -0.25) is 4.79 Å². The number of ether oxygens (including phenoxy) is 2. The summed E-state index contributed by atoms with van der Waals surface area (Å²) >= 11 is 5.89. The summed E-state index contributed by atoms with van der Waals surface area (Å²) in [4.78, 5) is 10.8. The van der Waals surface area contributed by atoms with Crippen LogP contribution in [0.5, 0.6) is 5.75 Å². The minimum absolute atomic E-state index is 0.0769. The Hall–Kier alpha value is -1.26. The average Bonchev–Trinajstić information content (AvgIpc) is 3.10. The second kappa shape index (κ2) is 5.16. The molecule has 0 radical (unpaired) electrons. The second-order valence-electron chi connectivity index (χ2n) is 4.44. The van der Waals surface area contributed by atoms with E-state index < -0.39 is 5.97 Å². The van der Waals surface area contributed by atoms with Crippen LogP contribution in [0.15, 0.2) is 18.2 Å². The lowest BCUT2D eigenvalue weighted by atomic mass is 10.1. The Morgan fingerprint density at radius 3 is 2.89 bits per heavy atom. The zero-order chi connectivity index (χ0) is 13.2. The van der Waals surface area contributed by atoms with E-state index in [0.29, 0.717) is 29.5 Å². The van der Waals surface area contributed by atoms with E-state index in [4.69, 9.17) is 26.2 Å². The number of rotatable bonds is 6. The predicted molar refractivity (Wildman–Crippen MR) is 67.3 cm³/mol. The Bertz CT molecular complexity index is 454. The first kappa shape index (κ1) is 13.2. The highest BCUT2D eigenvalue weighted by Crippen LogP contribution is 2.32. The number of epoxide rings is 1. The van der Waals surface area contributed by atoms with Gasteiger partial charge in [-0.2, -0.15) is 0 Å². The molecule has 0 bridgehead atoms. The molecule has 1 unspecified atom stereocenters. The van der Waals surface area contributed by atoms with Gasteiger partial charge in [0.05, 0.1) is 13.0 Å². The van der Waals surface area contributed by atoms with Crippen LogP contribution in [-0.2, 0) is 16.0 Å². The van der Waals surface area contributed by atoms with Crippen LogP contribution in [0, 0.1) is 0 Å². The van der Waals surface area contributed by atoms with E-state index in [2.05, 4.69) is 0 Å². The molecule has 1 fully saturated rings. The monoisotopic (exact) mass is 270 g/mol. The van der Waals surface area contributed by atoms with Crippen molar-refractivity contribution >= 4 is 17.6 Å². The third-order valence-electron chi connectivity index (χ3n) is 3.06. The van der Waals surface area contributed by atoms with Crippen LogP contribution < -0.4 is 4.74 Å². The number of carbonyl (C=O) groups is 1. The van der Waals surface area contributed by atoms with E-state index in [0.717, 1.165) is 6.42 Å². The van der Waals surface area contributed by atoms with Crippen molar-refractivity contribution in [3.8, 4) is 5.75 Å². The molecule has 0 amide bonds. The zero-order valence-corrected chi connectivity index (χ0v) is 10.9. The summed E-state index contributed by atoms with van der Waals surface area (Å²) in [5.74, 6) is -0.372. The molecule has 18 heavy (non-hydrogen) atoms. The molecule has 1 saturated heterocycles. The second-order valence-corrected chi connectivity index (χ2v) is 4.87. The molecule has 98 valence electrons. The number of aliphatic carboxylic acids is 1. The summed E-state index contributed by atoms with van der Waals surface area (Å²) in [5, 5.41) is 9.36. The lowest BCUT2D eigenvalue weighted by Gasteiger charge is -2.14. The zero-order valence-electron chi connectivity index (χ0n) is 10.1. The van der Waals surface area contributed by atoms with Crippen LogP contribution in [0.3, 0.4) is 0 Å². The fraction of sp³-hybridized carbons (Fsp3) is 0.462. The third-order valence-corrected chi connectivity index (χ3v) is 3.29. The standard InChI is InChI=1S/C13H15ClO4/c1-2-13(8-18-13)7-17-11-6-10(14)4-3-9(11)5-12(15)16/h3-4,6H,2,5,7-8H2,1H3,(H,15,16). The summed E-state index contributed by atoms with van der Waals surface area (Å²) < 4.78 is 11.0. The van der Waals surface area contributed by atoms with Crippen LogP contribution in [0.2, 0.25) is 5.02 Å². The van der Waals surface area contributed by atoms with Gasteiger partial charge in [0, 0.05) is 10.6 Å². The normalized spacial score (nSPS) is 21.7. The van der Waals surface area contributed by atoms with Gasteiger partial charge in [-0.05, 0) is 18.6 Å². The smallest absolute Gasteiger partial charge is 0.307 e. The van der Waals surface area contributed by atoms with Crippen molar-refractivity contribution in [2.45, 2.75) is 25.4 Å². The third kappa shape index (κ3) is 3.15. The predicted octanol–water partition coefficient (Wildman–Crippen LogP) is 2.52. The molecule has 1 aliphatic rings. The molecule has 1 aromatic carbocycles. The molecule has 1 N–H and O–H groups in total. The van der Waals surface area contributed by atoms with Crippen LogP contribution >= 0.6 is 11.6 Å². The van der Waals surface area contributed by atoms with E-state index in [1.54, 1.807) is 18.2 Å². The molecule has 1 aromatic rings. The van der Waals surface area contributed by atoms with Gasteiger partial charge < -0.3 is 14.6 Å². The van der Waals surface area contributed by atoms with Gasteiger partial charge >= 0.3 is 5.97 Å². The molecular weight excluding hydrogens is 256 g/mol. The molecule has 0 spiro atoms. The van der Waals surface area contributed by atoms with Crippen molar-refractivity contribution < 1.29 is 19.4 Å². The molecule has 5 heteroatoms. The first-order chi connectivity index (χ1) is 8.54. The Morgan fingerprint density at radius 2 is 2.33 bits per heavy atom. The van der Waals surface area contributed by atoms with Crippen LogP contribution in [0.4, 0.5) is 0 Å². The number of benzene rings is 1. The molecule has 1 heterocycles. The van der Waals surface area contributed by atoms with Gasteiger partial charge in [0.15, 0.2) is 0 Å². The SMILES string of the molecule is CCC1(COc2cc(Cl)ccc2CC(=O)O)CO1. The summed E-state index contributed by atoms with van der Waals surface area (Å²) in [5.41, 5.74) is 0.432. The van der Waals surface area contributed by atoms with Gasteiger partial charge in [-0.15, -0.1) is 0 Å². The van der Waals surface area contributed by atoms with Crippen molar-refractivity contribution in [1.29, 1.82) is 0 Å². The number of hydrogen-bond acceptors (Lipinski definition) is 3. The molecule has 4 nitrogen and oxygen atoms in total. The van der Waals surface area contributed by atoms with Crippen molar-refractivity contribution in [2.24, 2.45) is 0 Å². The highest BCUT2D eigenvalue weighted by molar-refractivity contribution is 6.30. The molecule has 0 saturated carbocycles. The first-order valence-electron chi connectivity index (χ1n) is 5.82. The highest BCUT2D eigenvalue weighted by Gasteiger charge is 2.43. The molecular formula is C13H15ClO4. The Labute approximate surface area is 110 Å². The van der Waals surface area contributed by atoms with E-state index in [1.165, 1.54) is 0 Å². The van der Waals surface area contributed by atoms with Crippen LogP contribution in [-0.4, -0.2) is 29.9 Å².